The van der Waals surface area contributed by atoms with Crippen LogP contribution in [-0.4, -0.2) is 32.9 Å². The van der Waals surface area contributed by atoms with Crippen LogP contribution in [0, 0.1) is 5.92 Å². The Morgan fingerprint density at radius 3 is 2.04 bits per heavy atom. The summed E-state index contributed by atoms with van der Waals surface area (Å²) >= 11 is 0. The zero-order valence-electron chi connectivity index (χ0n) is 13.8. The molecule has 1 fully saturated rings. The number of piperidine rings is 1. The molecule has 2 aromatic carbocycles. The van der Waals surface area contributed by atoms with Crippen molar-refractivity contribution in [3.63, 3.8) is 0 Å². The second-order valence-electron chi connectivity index (χ2n) is 6.12. The van der Waals surface area contributed by atoms with Crippen LogP contribution in [0.5, 0.6) is 0 Å². The first kappa shape index (κ1) is 17.1. The fourth-order valence-corrected chi connectivity index (χ4v) is 4.89. The lowest BCUT2D eigenvalue weighted by Gasteiger charge is -2.35. The van der Waals surface area contributed by atoms with Crippen molar-refractivity contribution in [2.24, 2.45) is 5.92 Å². The van der Waals surface area contributed by atoms with Crippen LogP contribution in [0.25, 0.3) is 0 Å². The summed E-state index contributed by atoms with van der Waals surface area (Å²) in [6.45, 7) is 1.07. The maximum absolute atomic E-state index is 12.7. The number of benzene rings is 2. The molecule has 1 aliphatic rings. The highest BCUT2D eigenvalue weighted by molar-refractivity contribution is 7.89. The van der Waals surface area contributed by atoms with Gasteiger partial charge in [0.1, 0.15) is 0 Å². The van der Waals surface area contributed by atoms with Crippen LogP contribution in [0.2, 0.25) is 0 Å². The van der Waals surface area contributed by atoms with Crippen molar-refractivity contribution >= 4 is 10.0 Å². The molecule has 1 unspecified atom stereocenters. The van der Waals surface area contributed by atoms with Crippen molar-refractivity contribution in [2.45, 2.75) is 23.8 Å². The topological polar surface area (TPSA) is 46.6 Å². The number of sulfonamides is 1. The molecule has 0 aliphatic carbocycles. The van der Waals surface area contributed by atoms with Gasteiger partial charge >= 0.3 is 0 Å². The predicted octanol–water partition coefficient (Wildman–Crippen LogP) is 3.48. The van der Waals surface area contributed by atoms with Crippen molar-refractivity contribution in [1.82, 2.24) is 4.31 Å². The van der Waals surface area contributed by atoms with Gasteiger partial charge in [-0.05, 0) is 36.5 Å². The largest absolute Gasteiger partial charge is 0.376 e. The van der Waals surface area contributed by atoms with Crippen LogP contribution in [0.1, 0.15) is 24.5 Å². The van der Waals surface area contributed by atoms with Gasteiger partial charge in [0.2, 0.25) is 10.0 Å². The third kappa shape index (κ3) is 3.53. The zero-order chi connectivity index (χ0) is 17.0. The van der Waals surface area contributed by atoms with Gasteiger partial charge in [0, 0.05) is 20.2 Å². The minimum atomic E-state index is -3.39. The Balaban J connectivity index is 1.69. The van der Waals surface area contributed by atoms with Gasteiger partial charge in [-0.25, -0.2) is 8.42 Å². The summed E-state index contributed by atoms with van der Waals surface area (Å²) in [5.41, 5.74) is 1.16. The van der Waals surface area contributed by atoms with E-state index in [0.717, 1.165) is 18.4 Å². The van der Waals surface area contributed by atoms with Crippen molar-refractivity contribution in [1.29, 1.82) is 0 Å². The number of hydrogen-bond donors (Lipinski definition) is 0. The monoisotopic (exact) mass is 345 g/mol. The lowest BCUT2D eigenvalue weighted by molar-refractivity contribution is 0.0303. The van der Waals surface area contributed by atoms with E-state index in [0.29, 0.717) is 23.9 Å². The molecule has 5 heteroatoms. The molecule has 0 amide bonds. The lowest BCUT2D eigenvalue weighted by Crippen LogP contribution is -2.39. The summed E-state index contributed by atoms with van der Waals surface area (Å²) in [5.74, 6) is 0.333. The normalized spacial score (nSPS) is 18.4. The van der Waals surface area contributed by atoms with Crippen LogP contribution in [0.3, 0.4) is 0 Å². The summed E-state index contributed by atoms with van der Waals surface area (Å²) in [6.07, 6.45) is 1.63. The number of ether oxygens (including phenoxy) is 1. The van der Waals surface area contributed by atoms with Gasteiger partial charge in [0.15, 0.2) is 0 Å². The Hall–Kier alpha value is -1.69. The third-order valence-corrected chi connectivity index (χ3v) is 6.60. The molecule has 0 bridgehead atoms. The van der Waals surface area contributed by atoms with Crippen LogP contribution in [-0.2, 0) is 14.8 Å². The predicted molar refractivity (Wildman–Crippen MR) is 94.1 cm³/mol. The van der Waals surface area contributed by atoms with E-state index in [2.05, 4.69) is 12.1 Å². The highest BCUT2D eigenvalue weighted by Crippen LogP contribution is 2.34. The molecule has 3 rings (SSSR count). The van der Waals surface area contributed by atoms with Crippen LogP contribution in [0.15, 0.2) is 65.6 Å². The first-order valence-electron chi connectivity index (χ1n) is 8.26. The molecule has 4 nitrogen and oxygen atoms in total. The average Bonchev–Trinajstić information content (AvgIpc) is 2.64. The van der Waals surface area contributed by atoms with Crippen LogP contribution in [0.4, 0.5) is 0 Å². The Morgan fingerprint density at radius 2 is 1.50 bits per heavy atom. The van der Waals surface area contributed by atoms with E-state index in [1.165, 1.54) is 0 Å². The smallest absolute Gasteiger partial charge is 0.243 e. The summed E-state index contributed by atoms with van der Waals surface area (Å²) < 4.78 is 32.7. The highest BCUT2D eigenvalue weighted by atomic mass is 32.2. The Bertz CT molecular complexity index is 739. The molecule has 1 saturated heterocycles. The van der Waals surface area contributed by atoms with Crippen molar-refractivity contribution in [2.75, 3.05) is 20.2 Å². The molecule has 0 N–H and O–H groups in total. The molecule has 0 radical (unpaired) electrons. The Morgan fingerprint density at radius 1 is 0.958 bits per heavy atom. The molecular formula is C19H23NO3S. The second-order valence-corrected chi connectivity index (χ2v) is 8.06. The lowest BCUT2D eigenvalue weighted by atomic mass is 9.88. The third-order valence-electron chi connectivity index (χ3n) is 4.69. The molecule has 0 saturated carbocycles. The zero-order valence-corrected chi connectivity index (χ0v) is 14.7. The van der Waals surface area contributed by atoms with Gasteiger partial charge in [-0.3, -0.25) is 0 Å². The van der Waals surface area contributed by atoms with Crippen molar-refractivity contribution in [3.05, 3.63) is 66.2 Å². The van der Waals surface area contributed by atoms with Gasteiger partial charge in [-0.15, -0.1) is 0 Å². The van der Waals surface area contributed by atoms with Crippen LogP contribution >= 0.6 is 0 Å². The Kier molecular flexibility index (Phi) is 5.33. The Labute approximate surface area is 144 Å². The molecule has 1 heterocycles. The van der Waals surface area contributed by atoms with Crippen molar-refractivity contribution in [3.8, 4) is 0 Å². The number of hydrogen-bond acceptors (Lipinski definition) is 3. The molecule has 1 aliphatic heterocycles. The molecule has 1 atom stereocenters. The molecule has 0 spiro atoms. The van der Waals surface area contributed by atoms with Crippen molar-refractivity contribution < 1.29 is 13.2 Å². The first-order chi connectivity index (χ1) is 11.6. The first-order valence-corrected chi connectivity index (χ1v) is 9.70. The van der Waals surface area contributed by atoms with E-state index in [1.54, 1.807) is 35.7 Å². The molecular weight excluding hydrogens is 322 g/mol. The average molecular weight is 345 g/mol. The SMILES string of the molecule is COC(c1ccccc1)C1CCN(S(=O)(=O)c2ccccc2)CC1. The maximum atomic E-state index is 12.7. The van der Waals surface area contributed by atoms with Gasteiger partial charge in [-0.2, -0.15) is 4.31 Å². The summed E-state index contributed by atoms with van der Waals surface area (Å²) in [6, 6.07) is 18.8. The van der Waals surface area contributed by atoms with E-state index < -0.39 is 10.0 Å². The van der Waals surface area contributed by atoms with E-state index in [4.69, 9.17) is 4.74 Å². The van der Waals surface area contributed by atoms with E-state index in [9.17, 15) is 8.42 Å². The van der Waals surface area contributed by atoms with E-state index >= 15 is 0 Å². The summed E-state index contributed by atoms with van der Waals surface area (Å²) in [7, 11) is -1.66. The van der Waals surface area contributed by atoms with Gasteiger partial charge in [0.05, 0.1) is 11.0 Å². The molecule has 24 heavy (non-hydrogen) atoms. The minimum Gasteiger partial charge on any atom is -0.376 e. The standard InChI is InChI=1S/C19H23NO3S/c1-23-19(16-8-4-2-5-9-16)17-12-14-20(15-13-17)24(21,22)18-10-6-3-7-11-18/h2-11,17,19H,12-15H2,1H3. The fraction of sp³-hybridized carbons (Fsp3) is 0.368. The number of nitrogens with zero attached hydrogens (tertiary/aromatic N) is 1. The second kappa shape index (κ2) is 7.47. The van der Waals surface area contributed by atoms with E-state index in [-0.39, 0.29) is 6.10 Å². The molecule has 128 valence electrons. The summed E-state index contributed by atoms with van der Waals surface area (Å²) in [4.78, 5) is 0.370. The quantitative estimate of drug-likeness (QED) is 0.833. The van der Waals surface area contributed by atoms with E-state index in [1.807, 2.05) is 24.3 Å². The van der Waals surface area contributed by atoms with Gasteiger partial charge < -0.3 is 4.74 Å². The van der Waals surface area contributed by atoms with Gasteiger partial charge in [-0.1, -0.05) is 48.5 Å². The maximum Gasteiger partial charge on any atom is 0.243 e. The van der Waals surface area contributed by atoms with Gasteiger partial charge in [0.25, 0.3) is 0 Å². The number of methoxy groups -OCH3 is 1. The molecule has 0 aromatic heterocycles. The number of rotatable bonds is 5. The highest BCUT2D eigenvalue weighted by Gasteiger charge is 2.33. The summed E-state index contributed by atoms with van der Waals surface area (Å²) in [5, 5.41) is 0. The molecule has 2 aromatic rings. The fourth-order valence-electron chi connectivity index (χ4n) is 3.40. The van der Waals surface area contributed by atoms with Crippen LogP contribution < -0.4 is 0 Å². The minimum absolute atomic E-state index is 0.0211.